The monoisotopic (exact) mass is 261 g/mol. The van der Waals surface area contributed by atoms with Gasteiger partial charge in [-0.2, -0.15) is 0 Å². The van der Waals surface area contributed by atoms with E-state index in [0.29, 0.717) is 6.04 Å². The van der Waals surface area contributed by atoms with Crippen LogP contribution in [0, 0.1) is 6.92 Å². The van der Waals surface area contributed by atoms with Gasteiger partial charge in [-0.25, -0.2) is 4.98 Å². The molecular formula is C14H19N3S. The van der Waals surface area contributed by atoms with E-state index in [-0.39, 0.29) is 0 Å². The summed E-state index contributed by atoms with van der Waals surface area (Å²) in [5.74, 6) is 1.02. The zero-order chi connectivity index (χ0) is 12.4. The molecule has 0 spiro atoms. The number of hydrogen-bond donors (Lipinski definition) is 1. The normalized spacial score (nSPS) is 16.3. The van der Waals surface area contributed by atoms with Gasteiger partial charge in [0.05, 0.1) is 6.54 Å². The number of aryl methyl sites for hydroxylation is 1. The number of anilines is 1. The molecular weight excluding hydrogens is 242 g/mol. The smallest absolute Gasteiger partial charge is 0.203 e. The predicted molar refractivity (Wildman–Crippen MR) is 76.3 cm³/mol. The summed E-state index contributed by atoms with van der Waals surface area (Å²) in [5, 5.41) is 5.74. The fourth-order valence-corrected chi connectivity index (χ4v) is 3.45. The molecule has 1 aliphatic rings. The zero-order valence-corrected chi connectivity index (χ0v) is 11.5. The molecule has 1 N–H and O–H groups in total. The van der Waals surface area contributed by atoms with Crippen molar-refractivity contribution in [3.05, 3.63) is 34.3 Å². The van der Waals surface area contributed by atoms with E-state index in [4.69, 9.17) is 0 Å². The van der Waals surface area contributed by atoms with Crippen molar-refractivity contribution in [2.45, 2.75) is 45.2 Å². The number of rotatable bonds is 4. The van der Waals surface area contributed by atoms with Gasteiger partial charge in [0, 0.05) is 23.3 Å². The minimum Gasteiger partial charge on any atom is -0.353 e. The number of imidazole rings is 1. The van der Waals surface area contributed by atoms with Crippen LogP contribution in [0.15, 0.2) is 23.8 Å². The second kappa shape index (κ2) is 5.14. The summed E-state index contributed by atoms with van der Waals surface area (Å²) in [6.45, 7) is 3.10. The molecule has 1 fully saturated rings. The van der Waals surface area contributed by atoms with E-state index in [1.54, 1.807) is 0 Å². The van der Waals surface area contributed by atoms with Gasteiger partial charge >= 0.3 is 0 Å². The van der Waals surface area contributed by atoms with Gasteiger partial charge in [0.25, 0.3) is 0 Å². The molecule has 3 rings (SSSR count). The Morgan fingerprint density at radius 3 is 3.00 bits per heavy atom. The Morgan fingerprint density at radius 1 is 1.44 bits per heavy atom. The Bertz CT molecular complexity index is 509. The van der Waals surface area contributed by atoms with Gasteiger partial charge in [0.1, 0.15) is 0 Å². The van der Waals surface area contributed by atoms with E-state index < -0.39 is 0 Å². The second-order valence-electron chi connectivity index (χ2n) is 5.03. The number of thiophene rings is 1. The minimum atomic E-state index is 0.621. The second-order valence-corrected chi connectivity index (χ2v) is 6.03. The molecule has 2 aromatic heterocycles. The van der Waals surface area contributed by atoms with Crippen LogP contribution in [0.4, 0.5) is 5.95 Å². The fourth-order valence-electron chi connectivity index (χ4n) is 2.55. The molecule has 2 aromatic rings. The van der Waals surface area contributed by atoms with Crippen molar-refractivity contribution in [3.63, 3.8) is 0 Å². The van der Waals surface area contributed by atoms with Gasteiger partial charge in [0.2, 0.25) is 5.95 Å². The van der Waals surface area contributed by atoms with Crippen LogP contribution in [-0.2, 0) is 6.54 Å². The highest BCUT2D eigenvalue weighted by atomic mass is 32.1. The molecule has 0 amide bonds. The maximum atomic E-state index is 4.45. The molecule has 4 heteroatoms. The van der Waals surface area contributed by atoms with E-state index in [0.717, 1.165) is 12.5 Å². The minimum absolute atomic E-state index is 0.621. The van der Waals surface area contributed by atoms with Crippen molar-refractivity contribution in [2.24, 2.45) is 0 Å². The van der Waals surface area contributed by atoms with Crippen molar-refractivity contribution < 1.29 is 0 Å². The molecule has 0 unspecified atom stereocenters. The van der Waals surface area contributed by atoms with Crippen LogP contribution < -0.4 is 5.32 Å². The molecule has 2 heterocycles. The molecule has 1 saturated carbocycles. The summed E-state index contributed by atoms with van der Waals surface area (Å²) in [4.78, 5) is 5.87. The van der Waals surface area contributed by atoms with Crippen LogP contribution in [0.25, 0.3) is 0 Å². The third-order valence-corrected chi connectivity index (χ3v) is 4.69. The quantitative estimate of drug-likeness (QED) is 0.910. The van der Waals surface area contributed by atoms with Gasteiger partial charge in [-0.1, -0.05) is 12.8 Å². The first-order valence-electron chi connectivity index (χ1n) is 6.63. The van der Waals surface area contributed by atoms with Crippen molar-refractivity contribution >= 4 is 17.3 Å². The number of hydrogen-bond acceptors (Lipinski definition) is 3. The summed E-state index contributed by atoms with van der Waals surface area (Å²) in [7, 11) is 0. The zero-order valence-electron chi connectivity index (χ0n) is 10.7. The first-order valence-corrected chi connectivity index (χ1v) is 7.51. The van der Waals surface area contributed by atoms with E-state index in [1.807, 2.05) is 17.5 Å². The van der Waals surface area contributed by atoms with Crippen molar-refractivity contribution in [1.82, 2.24) is 9.55 Å². The molecule has 18 heavy (non-hydrogen) atoms. The van der Waals surface area contributed by atoms with Gasteiger partial charge in [-0.05, 0) is 36.8 Å². The number of aromatic nitrogens is 2. The van der Waals surface area contributed by atoms with Gasteiger partial charge in [0.15, 0.2) is 0 Å². The Labute approximate surface area is 112 Å². The first-order chi connectivity index (χ1) is 8.83. The third kappa shape index (κ3) is 2.43. The lowest BCUT2D eigenvalue weighted by atomic mass is 10.2. The standard InChI is InChI=1S/C14H19N3S/c1-11-6-9-18-13(11)10-17-8-7-15-14(17)16-12-4-2-3-5-12/h6-9,12H,2-5,10H2,1H3,(H,15,16). The molecule has 0 radical (unpaired) electrons. The lowest BCUT2D eigenvalue weighted by molar-refractivity contribution is 0.718. The Kier molecular flexibility index (Phi) is 3.37. The summed E-state index contributed by atoms with van der Waals surface area (Å²) < 4.78 is 2.22. The SMILES string of the molecule is Cc1ccsc1Cn1ccnc1NC1CCCC1. The van der Waals surface area contributed by atoms with Crippen LogP contribution in [0.2, 0.25) is 0 Å². The topological polar surface area (TPSA) is 29.9 Å². The molecule has 96 valence electrons. The lowest BCUT2D eigenvalue weighted by Crippen LogP contribution is -2.18. The summed E-state index contributed by atoms with van der Waals surface area (Å²) in [6.07, 6.45) is 9.22. The van der Waals surface area contributed by atoms with Crippen molar-refractivity contribution in [1.29, 1.82) is 0 Å². The molecule has 3 nitrogen and oxygen atoms in total. The lowest BCUT2D eigenvalue weighted by Gasteiger charge is -2.14. The fraction of sp³-hybridized carbons (Fsp3) is 0.500. The molecule has 0 atom stereocenters. The molecule has 0 aromatic carbocycles. The van der Waals surface area contributed by atoms with Crippen LogP contribution in [0.5, 0.6) is 0 Å². The Hall–Kier alpha value is -1.29. The van der Waals surface area contributed by atoms with E-state index in [9.17, 15) is 0 Å². The highest BCUT2D eigenvalue weighted by molar-refractivity contribution is 7.10. The van der Waals surface area contributed by atoms with Gasteiger partial charge < -0.3 is 9.88 Å². The Morgan fingerprint density at radius 2 is 2.28 bits per heavy atom. The van der Waals surface area contributed by atoms with Crippen molar-refractivity contribution in [3.8, 4) is 0 Å². The summed E-state index contributed by atoms with van der Waals surface area (Å²) in [5.41, 5.74) is 1.38. The van der Waals surface area contributed by atoms with Crippen LogP contribution >= 0.6 is 11.3 Å². The van der Waals surface area contributed by atoms with Gasteiger partial charge in [-0.3, -0.25) is 0 Å². The summed E-state index contributed by atoms with van der Waals surface area (Å²) in [6, 6.07) is 2.80. The highest BCUT2D eigenvalue weighted by Gasteiger charge is 2.16. The third-order valence-electron chi connectivity index (χ3n) is 3.69. The largest absolute Gasteiger partial charge is 0.353 e. The Balaban J connectivity index is 1.72. The maximum Gasteiger partial charge on any atom is 0.203 e. The van der Waals surface area contributed by atoms with Gasteiger partial charge in [-0.15, -0.1) is 11.3 Å². The summed E-state index contributed by atoms with van der Waals surface area (Å²) >= 11 is 1.82. The molecule has 0 saturated heterocycles. The van der Waals surface area contributed by atoms with Crippen LogP contribution in [-0.4, -0.2) is 15.6 Å². The average Bonchev–Trinajstić information content (AvgIpc) is 3.06. The first kappa shape index (κ1) is 11.8. The molecule has 1 aliphatic carbocycles. The van der Waals surface area contributed by atoms with E-state index in [2.05, 4.69) is 39.4 Å². The van der Waals surface area contributed by atoms with Crippen LogP contribution in [0.3, 0.4) is 0 Å². The highest BCUT2D eigenvalue weighted by Crippen LogP contribution is 2.23. The maximum absolute atomic E-state index is 4.45. The molecule has 0 bridgehead atoms. The van der Waals surface area contributed by atoms with E-state index in [1.165, 1.54) is 36.1 Å². The number of nitrogens with one attached hydrogen (secondary N) is 1. The van der Waals surface area contributed by atoms with Crippen LogP contribution in [0.1, 0.15) is 36.1 Å². The number of nitrogens with zero attached hydrogens (tertiary/aromatic N) is 2. The predicted octanol–water partition coefficient (Wildman–Crippen LogP) is 3.66. The molecule has 0 aliphatic heterocycles. The average molecular weight is 261 g/mol. The van der Waals surface area contributed by atoms with E-state index >= 15 is 0 Å². The van der Waals surface area contributed by atoms with Crippen molar-refractivity contribution in [2.75, 3.05) is 5.32 Å².